The molecule has 3 amide bonds. The lowest BCUT2D eigenvalue weighted by Crippen LogP contribution is -2.55. The summed E-state index contributed by atoms with van der Waals surface area (Å²) in [6, 6.07) is 8.67. The van der Waals surface area contributed by atoms with Gasteiger partial charge in [0, 0.05) is 30.6 Å². The maximum absolute atomic E-state index is 13.4. The number of benzene rings is 2. The van der Waals surface area contributed by atoms with Crippen molar-refractivity contribution in [2.45, 2.75) is 31.3 Å². The highest BCUT2D eigenvalue weighted by atomic mass is 19.1. The predicted molar refractivity (Wildman–Crippen MR) is 124 cm³/mol. The van der Waals surface area contributed by atoms with Crippen molar-refractivity contribution in [1.29, 1.82) is 0 Å². The quantitative estimate of drug-likeness (QED) is 0.713. The second-order valence-electron chi connectivity index (χ2n) is 8.56. The lowest BCUT2D eigenvalue weighted by molar-refractivity contribution is -0.131. The van der Waals surface area contributed by atoms with Gasteiger partial charge >= 0.3 is 0 Å². The normalized spacial score (nSPS) is 21.8. The molecule has 1 aliphatic carbocycles. The van der Waals surface area contributed by atoms with Crippen molar-refractivity contribution in [3.63, 3.8) is 0 Å². The third kappa shape index (κ3) is 4.76. The number of allylic oxidation sites excluding steroid dienone is 3. The molecule has 2 unspecified atom stereocenters. The molecule has 0 spiro atoms. The number of anilines is 1. The van der Waals surface area contributed by atoms with E-state index in [1.807, 2.05) is 48.6 Å². The van der Waals surface area contributed by atoms with E-state index in [1.165, 1.54) is 6.92 Å². The number of hydrogen-bond donors (Lipinski definition) is 2. The number of hydrogen-bond acceptors (Lipinski definition) is 3. The fraction of sp³-hybridized carbons (Fsp3) is 0.269. The van der Waals surface area contributed by atoms with Gasteiger partial charge in [0.1, 0.15) is 23.7 Å². The summed E-state index contributed by atoms with van der Waals surface area (Å²) in [4.78, 5) is 40.2. The van der Waals surface area contributed by atoms with Crippen LogP contribution in [0.3, 0.4) is 0 Å². The second-order valence-corrected chi connectivity index (χ2v) is 8.56. The first-order valence-electron chi connectivity index (χ1n) is 11.0. The van der Waals surface area contributed by atoms with Crippen LogP contribution >= 0.6 is 0 Å². The van der Waals surface area contributed by atoms with E-state index in [2.05, 4.69) is 10.6 Å². The van der Waals surface area contributed by atoms with Gasteiger partial charge in [-0.15, -0.1) is 0 Å². The molecule has 2 aliphatic rings. The van der Waals surface area contributed by atoms with E-state index in [0.29, 0.717) is 0 Å². The van der Waals surface area contributed by atoms with Crippen LogP contribution in [-0.4, -0.2) is 36.9 Å². The van der Waals surface area contributed by atoms with Crippen LogP contribution < -0.4 is 15.5 Å². The van der Waals surface area contributed by atoms with Crippen molar-refractivity contribution in [3.05, 3.63) is 89.5 Å². The molecule has 2 aromatic rings. The summed E-state index contributed by atoms with van der Waals surface area (Å²) in [5.74, 6) is -3.33. The predicted octanol–water partition coefficient (Wildman–Crippen LogP) is 3.00. The standard InChI is InChI=1S/C26H25F2N3O3/c1-15(29-23(32)13-16-11-17(27)14-18(28)12-16)25(33)30-24-21-9-4-3-7-19(21)20-8-5-6-10-22(20)31(2)26(24)34/h3-12,14-15,19,21,24H,13H2,1-2H3,(H,29,32)(H,30,33)/t15-,19?,21?,24-/m0/s1. The Bertz CT molecular complexity index is 1170. The van der Waals surface area contributed by atoms with Crippen molar-refractivity contribution in [2.24, 2.45) is 5.92 Å². The van der Waals surface area contributed by atoms with Crippen LogP contribution in [-0.2, 0) is 20.8 Å². The Kier molecular flexibility index (Phi) is 6.58. The number of halogens is 2. The SMILES string of the molecule is C[C@H](NC(=O)Cc1cc(F)cc(F)c1)C(=O)N[C@@H]1C(=O)N(C)c2ccccc2C2C=CC=CC21. The number of nitrogens with zero attached hydrogens (tertiary/aromatic N) is 1. The molecule has 0 radical (unpaired) electrons. The van der Waals surface area contributed by atoms with Crippen LogP contribution in [0.2, 0.25) is 0 Å². The molecule has 8 heteroatoms. The molecule has 4 rings (SSSR count). The van der Waals surface area contributed by atoms with Crippen molar-refractivity contribution in [3.8, 4) is 0 Å². The second kappa shape index (κ2) is 9.59. The van der Waals surface area contributed by atoms with Gasteiger partial charge in [-0.3, -0.25) is 14.4 Å². The van der Waals surface area contributed by atoms with E-state index in [-0.39, 0.29) is 29.7 Å². The topological polar surface area (TPSA) is 78.5 Å². The summed E-state index contributed by atoms with van der Waals surface area (Å²) < 4.78 is 26.8. The molecular formula is C26H25F2N3O3. The Hall–Kier alpha value is -3.81. The molecule has 6 nitrogen and oxygen atoms in total. The first-order valence-corrected chi connectivity index (χ1v) is 11.0. The number of fused-ring (bicyclic) bond motifs is 3. The van der Waals surface area contributed by atoms with E-state index in [1.54, 1.807) is 11.9 Å². The molecule has 4 atom stereocenters. The summed E-state index contributed by atoms with van der Waals surface area (Å²) in [7, 11) is 1.68. The largest absolute Gasteiger partial charge is 0.344 e. The van der Waals surface area contributed by atoms with Crippen LogP contribution in [0.1, 0.15) is 24.0 Å². The minimum atomic E-state index is -0.962. The Morgan fingerprint density at radius 1 is 1.06 bits per heavy atom. The minimum Gasteiger partial charge on any atom is -0.344 e. The fourth-order valence-electron chi connectivity index (χ4n) is 4.51. The number of likely N-dealkylation sites (N-methyl/N-ethyl adjacent to an activating group) is 1. The van der Waals surface area contributed by atoms with Crippen LogP contribution in [0.5, 0.6) is 0 Å². The van der Waals surface area contributed by atoms with Crippen LogP contribution in [0.15, 0.2) is 66.8 Å². The highest BCUT2D eigenvalue weighted by Crippen LogP contribution is 2.40. The number of rotatable bonds is 5. The van der Waals surface area contributed by atoms with Crippen molar-refractivity contribution >= 4 is 23.4 Å². The molecule has 0 fully saturated rings. The monoisotopic (exact) mass is 465 g/mol. The number of carbonyl (C=O) groups excluding carboxylic acids is 3. The molecule has 0 aromatic heterocycles. The molecule has 2 N–H and O–H groups in total. The zero-order chi connectivity index (χ0) is 24.4. The smallest absolute Gasteiger partial charge is 0.249 e. The zero-order valence-electron chi connectivity index (χ0n) is 18.8. The van der Waals surface area contributed by atoms with Gasteiger partial charge in [-0.05, 0) is 36.2 Å². The third-order valence-electron chi connectivity index (χ3n) is 6.17. The Morgan fingerprint density at radius 2 is 1.74 bits per heavy atom. The molecule has 1 aliphatic heterocycles. The van der Waals surface area contributed by atoms with E-state index in [4.69, 9.17) is 0 Å². The average molecular weight is 466 g/mol. The van der Waals surface area contributed by atoms with E-state index in [9.17, 15) is 23.2 Å². The maximum atomic E-state index is 13.4. The molecule has 0 saturated heterocycles. The van der Waals surface area contributed by atoms with Crippen LogP contribution in [0.4, 0.5) is 14.5 Å². The zero-order valence-corrected chi connectivity index (χ0v) is 18.8. The van der Waals surface area contributed by atoms with E-state index >= 15 is 0 Å². The van der Waals surface area contributed by atoms with Gasteiger partial charge in [0.2, 0.25) is 17.7 Å². The summed E-state index contributed by atoms with van der Waals surface area (Å²) in [6.45, 7) is 1.49. The molecule has 0 saturated carbocycles. The summed E-state index contributed by atoms with van der Waals surface area (Å²) in [5, 5.41) is 5.35. The molecular weight excluding hydrogens is 440 g/mol. The lowest BCUT2D eigenvalue weighted by Gasteiger charge is -2.30. The van der Waals surface area contributed by atoms with Crippen molar-refractivity contribution in [2.75, 3.05) is 11.9 Å². The fourth-order valence-corrected chi connectivity index (χ4v) is 4.51. The molecule has 1 heterocycles. The van der Waals surface area contributed by atoms with Gasteiger partial charge in [0.25, 0.3) is 0 Å². The molecule has 34 heavy (non-hydrogen) atoms. The van der Waals surface area contributed by atoms with Gasteiger partial charge in [-0.1, -0.05) is 42.5 Å². The third-order valence-corrected chi connectivity index (χ3v) is 6.17. The first-order chi connectivity index (χ1) is 16.2. The minimum absolute atomic E-state index is 0.104. The van der Waals surface area contributed by atoms with Gasteiger partial charge in [0.15, 0.2) is 0 Å². The number of amides is 3. The number of carbonyl (C=O) groups is 3. The van der Waals surface area contributed by atoms with Gasteiger partial charge in [-0.25, -0.2) is 8.78 Å². The Morgan fingerprint density at radius 3 is 2.47 bits per heavy atom. The summed E-state index contributed by atoms with van der Waals surface area (Å²) >= 11 is 0. The van der Waals surface area contributed by atoms with Crippen molar-refractivity contribution < 1.29 is 23.2 Å². The highest BCUT2D eigenvalue weighted by molar-refractivity contribution is 6.01. The van der Waals surface area contributed by atoms with Crippen LogP contribution in [0, 0.1) is 17.6 Å². The summed E-state index contributed by atoms with van der Waals surface area (Å²) in [6.07, 6.45) is 7.41. The lowest BCUT2D eigenvalue weighted by atomic mass is 9.79. The van der Waals surface area contributed by atoms with Gasteiger partial charge in [-0.2, -0.15) is 0 Å². The van der Waals surface area contributed by atoms with E-state index in [0.717, 1.165) is 29.4 Å². The Balaban J connectivity index is 1.48. The molecule has 0 bridgehead atoms. The average Bonchev–Trinajstić information content (AvgIpc) is 2.88. The van der Waals surface area contributed by atoms with Crippen molar-refractivity contribution in [1.82, 2.24) is 10.6 Å². The molecule has 2 aromatic carbocycles. The summed E-state index contributed by atoms with van der Waals surface area (Å²) in [5.41, 5.74) is 1.93. The molecule has 176 valence electrons. The number of para-hydroxylation sites is 1. The van der Waals surface area contributed by atoms with Gasteiger partial charge < -0.3 is 15.5 Å². The van der Waals surface area contributed by atoms with Crippen LogP contribution in [0.25, 0.3) is 0 Å². The van der Waals surface area contributed by atoms with E-state index < -0.39 is 35.5 Å². The number of nitrogens with one attached hydrogen (secondary N) is 2. The maximum Gasteiger partial charge on any atom is 0.249 e. The highest BCUT2D eigenvalue weighted by Gasteiger charge is 2.41. The van der Waals surface area contributed by atoms with Gasteiger partial charge in [0.05, 0.1) is 6.42 Å². The Labute approximate surface area is 196 Å². The first kappa shape index (κ1) is 23.4.